The minimum absolute atomic E-state index is 0.103. The molecule has 1 N–H and O–H groups in total. The van der Waals surface area contributed by atoms with Gasteiger partial charge in [-0.25, -0.2) is 8.42 Å². The number of aromatic nitrogens is 1. The number of piperidine rings is 1. The van der Waals surface area contributed by atoms with Crippen molar-refractivity contribution in [1.29, 1.82) is 0 Å². The first-order valence-corrected chi connectivity index (χ1v) is 8.24. The van der Waals surface area contributed by atoms with Crippen LogP contribution in [0.1, 0.15) is 25.0 Å². The van der Waals surface area contributed by atoms with Crippen molar-refractivity contribution < 1.29 is 18.3 Å². The zero-order valence-corrected chi connectivity index (χ0v) is 11.9. The molecule has 1 aromatic rings. The molecule has 6 nitrogen and oxygen atoms in total. The Morgan fingerprint density at radius 3 is 2.85 bits per heavy atom. The quantitative estimate of drug-likeness (QED) is 0.872. The molecule has 1 aromatic heterocycles. The number of hydrogen-bond donors (Lipinski definition) is 1. The third kappa shape index (κ3) is 3.55. The molecule has 0 unspecified atom stereocenters. The zero-order valence-electron chi connectivity index (χ0n) is 11.1. The lowest BCUT2D eigenvalue weighted by molar-refractivity contribution is -0.142. The summed E-state index contributed by atoms with van der Waals surface area (Å²) >= 11 is 0. The summed E-state index contributed by atoms with van der Waals surface area (Å²) in [5.74, 6) is -1.17. The summed E-state index contributed by atoms with van der Waals surface area (Å²) < 4.78 is 25.8. The summed E-state index contributed by atoms with van der Waals surface area (Å²) in [6, 6.07) is 4.41. The molecule has 0 aromatic carbocycles. The predicted molar refractivity (Wildman–Crippen MR) is 73.7 cm³/mol. The van der Waals surface area contributed by atoms with E-state index in [-0.39, 0.29) is 5.75 Å². The van der Waals surface area contributed by atoms with Crippen LogP contribution < -0.4 is 0 Å². The van der Waals surface area contributed by atoms with E-state index in [1.165, 1.54) is 0 Å². The third-order valence-corrected chi connectivity index (χ3v) is 5.31. The van der Waals surface area contributed by atoms with Crippen LogP contribution in [0.15, 0.2) is 24.4 Å². The lowest BCUT2D eigenvalue weighted by atomic mass is 10.1. The maximum Gasteiger partial charge on any atom is 0.322 e. The van der Waals surface area contributed by atoms with Gasteiger partial charge in [0.05, 0.1) is 5.75 Å². The van der Waals surface area contributed by atoms with Gasteiger partial charge in [-0.05, 0) is 31.4 Å². The second-order valence-corrected chi connectivity index (χ2v) is 6.89. The van der Waals surface area contributed by atoms with Crippen molar-refractivity contribution in [3.63, 3.8) is 0 Å². The Labute approximate surface area is 118 Å². The molecule has 110 valence electrons. The molecular weight excluding hydrogens is 280 g/mol. The van der Waals surface area contributed by atoms with Crippen LogP contribution in [0.3, 0.4) is 0 Å². The molecule has 20 heavy (non-hydrogen) atoms. The summed E-state index contributed by atoms with van der Waals surface area (Å²) in [6.45, 7) is 0.293. The Kier molecular flexibility index (Phi) is 4.72. The highest BCUT2D eigenvalue weighted by atomic mass is 32.2. The first-order valence-electron chi connectivity index (χ1n) is 6.63. The number of hydrogen-bond acceptors (Lipinski definition) is 4. The van der Waals surface area contributed by atoms with E-state index in [2.05, 4.69) is 4.98 Å². The van der Waals surface area contributed by atoms with Crippen LogP contribution in [-0.2, 0) is 21.2 Å². The summed E-state index contributed by atoms with van der Waals surface area (Å²) in [5.41, 5.74) is 0.694. The van der Waals surface area contributed by atoms with E-state index >= 15 is 0 Å². The highest BCUT2D eigenvalue weighted by molar-refractivity contribution is 7.89. The lowest BCUT2D eigenvalue weighted by Gasteiger charge is -2.31. The second kappa shape index (κ2) is 6.32. The van der Waals surface area contributed by atoms with Gasteiger partial charge in [0.2, 0.25) is 10.0 Å². The van der Waals surface area contributed by atoms with Crippen LogP contribution in [0.25, 0.3) is 0 Å². The average molecular weight is 298 g/mol. The fraction of sp³-hybridized carbons (Fsp3) is 0.538. The van der Waals surface area contributed by atoms with E-state index in [0.29, 0.717) is 31.5 Å². The number of carboxylic acids is 1. The molecule has 2 rings (SSSR count). The SMILES string of the molecule is O=C(O)[C@@H]1CCCCN1S(=O)(=O)CCc1ccccn1. The first kappa shape index (κ1) is 14.9. The number of rotatable bonds is 5. The smallest absolute Gasteiger partial charge is 0.322 e. The molecule has 1 atom stereocenters. The average Bonchev–Trinajstić information content (AvgIpc) is 2.46. The lowest BCUT2D eigenvalue weighted by Crippen LogP contribution is -2.48. The van der Waals surface area contributed by atoms with Crippen molar-refractivity contribution in [3.8, 4) is 0 Å². The molecule has 0 bridgehead atoms. The van der Waals surface area contributed by atoms with E-state index in [1.807, 2.05) is 0 Å². The molecule has 0 saturated carbocycles. The van der Waals surface area contributed by atoms with Crippen LogP contribution in [-0.4, -0.2) is 47.1 Å². The molecular formula is C13H18N2O4S. The third-order valence-electron chi connectivity index (χ3n) is 3.44. The summed E-state index contributed by atoms with van der Waals surface area (Å²) in [7, 11) is -3.56. The van der Waals surface area contributed by atoms with Crippen molar-refractivity contribution in [1.82, 2.24) is 9.29 Å². The topological polar surface area (TPSA) is 87.6 Å². The number of aliphatic carboxylic acids is 1. The highest BCUT2D eigenvalue weighted by Gasteiger charge is 2.36. The normalized spacial score (nSPS) is 20.7. The summed E-state index contributed by atoms with van der Waals surface area (Å²) in [6.07, 6.45) is 3.77. The molecule has 2 heterocycles. The molecule has 7 heteroatoms. The van der Waals surface area contributed by atoms with Crippen LogP contribution in [0.2, 0.25) is 0 Å². The van der Waals surface area contributed by atoms with Crippen molar-refractivity contribution in [2.24, 2.45) is 0 Å². The van der Waals surface area contributed by atoms with E-state index in [9.17, 15) is 13.2 Å². The van der Waals surface area contributed by atoms with E-state index in [1.54, 1.807) is 24.4 Å². The van der Waals surface area contributed by atoms with Crippen molar-refractivity contribution >= 4 is 16.0 Å². The van der Waals surface area contributed by atoms with Gasteiger partial charge in [-0.3, -0.25) is 9.78 Å². The van der Waals surface area contributed by atoms with Crippen molar-refractivity contribution in [3.05, 3.63) is 30.1 Å². The number of sulfonamides is 1. The fourth-order valence-corrected chi connectivity index (χ4v) is 4.07. The van der Waals surface area contributed by atoms with Crippen LogP contribution in [0.4, 0.5) is 0 Å². The van der Waals surface area contributed by atoms with Crippen LogP contribution in [0.5, 0.6) is 0 Å². The van der Waals surface area contributed by atoms with E-state index in [0.717, 1.165) is 10.7 Å². The highest BCUT2D eigenvalue weighted by Crippen LogP contribution is 2.21. The summed E-state index contributed by atoms with van der Waals surface area (Å²) in [4.78, 5) is 15.2. The number of nitrogens with zero attached hydrogens (tertiary/aromatic N) is 2. The van der Waals surface area contributed by atoms with Gasteiger partial charge in [-0.2, -0.15) is 4.31 Å². The Hall–Kier alpha value is -1.47. The largest absolute Gasteiger partial charge is 0.480 e. The minimum atomic E-state index is -3.56. The molecule has 0 spiro atoms. The van der Waals surface area contributed by atoms with E-state index < -0.39 is 22.0 Å². The number of aryl methyl sites for hydroxylation is 1. The van der Waals surface area contributed by atoms with Gasteiger partial charge in [0.15, 0.2) is 0 Å². The fourth-order valence-electron chi connectivity index (χ4n) is 2.38. The Morgan fingerprint density at radius 2 is 2.20 bits per heavy atom. The number of carbonyl (C=O) groups is 1. The van der Waals surface area contributed by atoms with Gasteiger partial charge in [-0.15, -0.1) is 0 Å². The summed E-state index contributed by atoms with van der Waals surface area (Å²) in [5, 5.41) is 9.14. The second-order valence-electron chi connectivity index (χ2n) is 4.85. The maximum absolute atomic E-state index is 12.3. The van der Waals surface area contributed by atoms with E-state index in [4.69, 9.17) is 5.11 Å². The van der Waals surface area contributed by atoms with Gasteiger partial charge < -0.3 is 5.11 Å². The zero-order chi connectivity index (χ0) is 14.6. The standard InChI is InChI=1S/C13H18N2O4S/c16-13(17)12-6-2-4-9-15(12)20(18,19)10-7-11-5-1-3-8-14-11/h1,3,5,8,12H,2,4,6-7,9-10H2,(H,16,17)/t12-/m0/s1. The first-order chi connectivity index (χ1) is 9.50. The maximum atomic E-state index is 12.3. The molecule has 1 saturated heterocycles. The Balaban J connectivity index is 2.06. The van der Waals surface area contributed by atoms with Gasteiger partial charge in [0.1, 0.15) is 6.04 Å². The van der Waals surface area contributed by atoms with Crippen molar-refractivity contribution in [2.45, 2.75) is 31.7 Å². The number of pyridine rings is 1. The Bertz CT molecular complexity index is 559. The van der Waals surface area contributed by atoms with Gasteiger partial charge in [-0.1, -0.05) is 6.07 Å². The molecule has 0 amide bonds. The van der Waals surface area contributed by atoms with Gasteiger partial charge >= 0.3 is 5.97 Å². The van der Waals surface area contributed by atoms with Gasteiger partial charge in [0.25, 0.3) is 0 Å². The molecule has 1 aliphatic rings. The Morgan fingerprint density at radius 1 is 1.40 bits per heavy atom. The van der Waals surface area contributed by atoms with Crippen LogP contribution >= 0.6 is 0 Å². The minimum Gasteiger partial charge on any atom is -0.480 e. The van der Waals surface area contributed by atoms with Crippen molar-refractivity contribution in [2.75, 3.05) is 12.3 Å². The molecule has 0 radical (unpaired) electrons. The molecule has 1 fully saturated rings. The van der Waals surface area contributed by atoms with Crippen LogP contribution in [0, 0.1) is 0 Å². The molecule has 0 aliphatic carbocycles. The van der Waals surface area contributed by atoms with Gasteiger partial charge in [0, 0.05) is 24.9 Å². The number of carboxylic acid groups (broad SMARTS) is 1. The predicted octanol–water partition coefficient (Wildman–Crippen LogP) is 0.893. The monoisotopic (exact) mass is 298 g/mol. The molecule has 1 aliphatic heterocycles.